The van der Waals surface area contributed by atoms with Gasteiger partial charge in [-0.15, -0.1) is 0 Å². The number of hydrogen-bond donors (Lipinski definition) is 1. The van der Waals surface area contributed by atoms with Crippen molar-refractivity contribution < 1.29 is 23.1 Å². The third kappa shape index (κ3) is 4.39. The van der Waals surface area contributed by atoms with Crippen molar-refractivity contribution in [1.29, 1.82) is 0 Å². The van der Waals surface area contributed by atoms with Crippen LogP contribution in [0.25, 0.3) is 0 Å². The number of allylic oxidation sites excluding steroid dienone is 1. The molecule has 16 heavy (non-hydrogen) atoms. The van der Waals surface area contributed by atoms with Crippen molar-refractivity contribution in [2.45, 2.75) is 44.8 Å². The second-order valence-electron chi connectivity index (χ2n) is 3.57. The zero-order valence-corrected chi connectivity index (χ0v) is 9.27. The lowest BCUT2D eigenvalue weighted by Gasteiger charge is -2.27. The molecule has 1 N–H and O–H groups in total. The number of carbonyl (C=O) groups is 1. The summed E-state index contributed by atoms with van der Waals surface area (Å²) >= 11 is 0. The lowest BCUT2D eigenvalue weighted by molar-refractivity contribution is -0.223. The fourth-order valence-electron chi connectivity index (χ4n) is 1.05. The van der Waals surface area contributed by atoms with E-state index in [9.17, 15) is 18.0 Å². The molecule has 0 aromatic heterocycles. The van der Waals surface area contributed by atoms with Crippen LogP contribution < -0.4 is 0 Å². The Kier molecular flexibility index (Phi) is 5.26. The van der Waals surface area contributed by atoms with Crippen LogP contribution in [0.5, 0.6) is 0 Å². The Morgan fingerprint density at radius 1 is 1.31 bits per heavy atom. The Bertz CT molecular complexity index is 282. The van der Waals surface area contributed by atoms with Gasteiger partial charge in [0, 0.05) is 6.42 Å². The maximum Gasteiger partial charge on any atom is 0.408 e. The molecule has 0 amide bonds. The number of carbonyl (C=O) groups excluding carboxylic acids is 1. The fourth-order valence-corrected chi connectivity index (χ4v) is 1.05. The summed E-state index contributed by atoms with van der Waals surface area (Å²) < 4.78 is 36.8. The Hall–Kier alpha value is -0.775. The van der Waals surface area contributed by atoms with Gasteiger partial charge in [-0.3, -0.25) is 4.79 Å². The Labute approximate surface area is 93.9 Å². The van der Waals surface area contributed by atoms with Crippen LogP contribution >= 0.6 is 0 Å². The topological polar surface area (TPSA) is 37.3 Å². The number of hydrogen-bond acceptors (Lipinski definition) is 2. The molecule has 1 atom stereocenters. The number of halogens is 3. The van der Waals surface area contributed by atoms with Crippen molar-refractivity contribution in [3.8, 4) is 0 Å². The molecule has 2 radical (unpaired) electrons. The van der Waals surface area contributed by atoms with Gasteiger partial charge in [0.2, 0.25) is 0 Å². The van der Waals surface area contributed by atoms with Crippen molar-refractivity contribution >= 4 is 13.6 Å². The molecular formula is C10H14BF3O2. The van der Waals surface area contributed by atoms with Crippen LogP contribution in [0.1, 0.15) is 33.1 Å². The van der Waals surface area contributed by atoms with Crippen LogP contribution in [0, 0.1) is 0 Å². The first-order valence-corrected chi connectivity index (χ1v) is 4.94. The third-order valence-corrected chi connectivity index (χ3v) is 2.16. The first-order valence-electron chi connectivity index (χ1n) is 4.94. The molecule has 0 rings (SSSR count). The first kappa shape index (κ1) is 15.2. The molecule has 0 spiro atoms. The first-order chi connectivity index (χ1) is 7.14. The number of ketones is 1. The highest BCUT2D eigenvalue weighted by atomic mass is 19.4. The summed E-state index contributed by atoms with van der Waals surface area (Å²) in [7, 11) is 4.77. The molecule has 0 aliphatic rings. The summed E-state index contributed by atoms with van der Waals surface area (Å²) in [6.45, 7) is 3.20. The smallest absolute Gasteiger partial charge is 0.390 e. The predicted molar refractivity (Wildman–Crippen MR) is 55.0 cm³/mol. The van der Waals surface area contributed by atoms with E-state index in [1.165, 1.54) is 0 Å². The van der Waals surface area contributed by atoms with E-state index in [0.717, 1.165) is 6.08 Å². The van der Waals surface area contributed by atoms with E-state index in [1.807, 2.05) is 0 Å². The van der Waals surface area contributed by atoms with Crippen LogP contribution in [0.2, 0.25) is 0 Å². The molecule has 0 saturated carbocycles. The molecule has 90 valence electrons. The summed E-state index contributed by atoms with van der Waals surface area (Å²) in [5, 5.41) is 9.04. The van der Waals surface area contributed by atoms with E-state index >= 15 is 0 Å². The van der Waals surface area contributed by atoms with Gasteiger partial charge < -0.3 is 5.11 Å². The molecule has 0 heterocycles. The van der Waals surface area contributed by atoms with Crippen LogP contribution in [-0.2, 0) is 4.79 Å². The standard InChI is InChI=1S/C10H14BF3O2/c1-3-7(5-8(15)4-2)6-9(11,16)10(12,13)14/h5,16H,3-4,6H2,1-2H3/b7-5+. The van der Waals surface area contributed by atoms with Gasteiger partial charge in [-0.1, -0.05) is 19.4 Å². The minimum atomic E-state index is -4.91. The maximum absolute atomic E-state index is 12.3. The Morgan fingerprint density at radius 3 is 2.12 bits per heavy atom. The van der Waals surface area contributed by atoms with Crippen molar-refractivity contribution in [3.63, 3.8) is 0 Å². The van der Waals surface area contributed by atoms with Gasteiger partial charge in [-0.25, -0.2) is 0 Å². The molecule has 0 bridgehead atoms. The maximum atomic E-state index is 12.3. The zero-order chi connectivity index (χ0) is 13.0. The van der Waals surface area contributed by atoms with Gasteiger partial charge >= 0.3 is 6.18 Å². The van der Waals surface area contributed by atoms with Crippen molar-refractivity contribution in [2.24, 2.45) is 0 Å². The highest BCUT2D eigenvalue weighted by Crippen LogP contribution is 2.33. The minimum Gasteiger partial charge on any atom is -0.390 e. The molecule has 6 heteroatoms. The van der Waals surface area contributed by atoms with E-state index in [2.05, 4.69) is 0 Å². The van der Waals surface area contributed by atoms with Gasteiger partial charge in [0.05, 0.1) is 0 Å². The van der Waals surface area contributed by atoms with Gasteiger partial charge in [0.25, 0.3) is 0 Å². The molecule has 0 fully saturated rings. The van der Waals surface area contributed by atoms with Crippen molar-refractivity contribution in [2.75, 3.05) is 0 Å². The molecule has 0 aromatic carbocycles. The molecule has 1 unspecified atom stereocenters. The van der Waals surface area contributed by atoms with Gasteiger partial charge in [0.15, 0.2) is 5.78 Å². The highest BCUT2D eigenvalue weighted by molar-refractivity contribution is 6.15. The highest BCUT2D eigenvalue weighted by Gasteiger charge is 2.48. The SMILES string of the molecule is [B]C(O)(C/C(=C/C(=O)CC)CC)C(F)(F)F. The van der Waals surface area contributed by atoms with E-state index in [4.69, 9.17) is 13.0 Å². The normalized spacial score (nSPS) is 17.0. The van der Waals surface area contributed by atoms with Crippen LogP contribution in [-0.4, -0.2) is 30.4 Å². The summed E-state index contributed by atoms with van der Waals surface area (Å²) in [6.07, 6.45) is -4.13. The van der Waals surface area contributed by atoms with E-state index in [1.54, 1.807) is 13.8 Å². The average Bonchev–Trinajstić information content (AvgIpc) is 2.14. The number of aliphatic hydroxyl groups is 1. The summed E-state index contributed by atoms with van der Waals surface area (Å²) in [6, 6.07) is 0. The van der Waals surface area contributed by atoms with Gasteiger partial charge in [-0.2, -0.15) is 13.2 Å². The fraction of sp³-hybridized carbons (Fsp3) is 0.700. The number of rotatable bonds is 5. The van der Waals surface area contributed by atoms with E-state index < -0.39 is 18.1 Å². The van der Waals surface area contributed by atoms with Crippen molar-refractivity contribution in [1.82, 2.24) is 0 Å². The van der Waals surface area contributed by atoms with Crippen molar-refractivity contribution in [3.05, 3.63) is 11.6 Å². The monoisotopic (exact) mass is 234 g/mol. The van der Waals surface area contributed by atoms with Crippen LogP contribution in [0.4, 0.5) is 13.2 Å². The summed E-state index contributed by atoms with van der Waals surface area (Å²) in [4.78, 5) is 11.0. The zero-order valence-electron chi connectivity index (χ0n) is 9.27. The van der Waals surface area contributed by atoms with E-state index in [0.29, 0.717) is 0 Å². The summed E-state index contributed by atoms with van der Waals surface area (Å²) in [5.41, 5.74) is -3.09. The molecule has 0 saturated heterocycles. The second kappa shape index (κ2) is 5.52. The van der Waals surface area contributed by atoms with Gasteiger partial charge in [0.1, 0.15) is 13.3 Å². The largest absolute Gasteiger partial charge is 0.408 e. The Morgan fingerprint density at radius 2 is 1.81 bits per heavy atom. The number of alkyl halides is 3. The quantitative estimate of drug-likeness (QED) is 0.584. The Balaban J connectivity index is 4.80. The van der Waals surface area contributed by atoms with E-state index in [-0.39, 0.29) is 24.2 Å². The lowest BCUT2D eigenvalue weighted by Crippen LogP contribution is -2.46. The lowest BCUT2D eigenvalue weighted by atomic mass is 9.75. The van der Waals surface area contributed by atoms with Crippen LogP contribution in [0.3, 0.4) is 0 Å². The minimum absolute atomic E-state index is 0.189. The average molecular weight is 234 g/mol. The van der Waals surface area contributed by atoms with Crippen LogP contribution in [0.15, 0.2) is 11.6 Å². The van der Waals surface area contributed by atoms with Gasteiger partial charge in [-0.05, 0) is 18.9 Å². The molecule has 0 aliphatic carbocycles. The molecule has 0 aromatic rings. The second-order valence-corrected chi connectivity index (χ2v) is 3.57. The predicted octanol–water partition coefficient (Wildman–Crippen LogP) is 2.11. The third-order valence-electron chi connectivity index (χ3n) is 2.16. The molecule has 0 aliphatic heterocycles. The molecular weight excluding hydrogens is 220 g/mol. The summed E-state index contributed by atoms with van der Waals surface area (Å²) in [5.74, 6) is -0.283. The molecule has 2 nitrogen and oxygen atoms in total.